The molecule has 23 heavy (non-hydrogen) atoms. The van der Waals surface area contributed by atoms with E-state index in [1.165, 1.54) is 0 Å². The van der Waals surface area contributed by atoms with Crippen LogP contribution in [0.5, 0.6) is 5.75 Å². The van der Waals surface area contributed by atoms with Gasteiger partial charge in [0.1, 0.15) is 12.4 Å². The number of hydrogen-bond acceptors (Lipinski definition) is 4. The standard InChI is InChI=1S/C17H18N2O4/c1-18-16(20)13-4-3-5-14(10-13)19-17(21)23-11-12-6-8-15(22-2)9-7-12/h3-10H,11H2,1-2H3,(H,18,20)(H,19,21). The van der Waals surface area contributed by atoms with Crippen molar-refractivity contribution in [1.82, 2.24) is 5.32 Å². The summed E-state index contributed by atoms with van der Waals surface area (Å²) in [5, 5.41) is 5.11. The van der Waals surface area contributed by atoms with E-state index in [0.29, 0.717) is 11.3 Å². The molecule has 2 rings (SSSR count). The number of hydrogen-bond donors (Lipinski definition) is 2. The van der Waals surface area contributed by atoms with Crippen LogP contribution >= 0.6 is 0 Å². The van der Waals surface area contributed by atoms with Crippen molar-refractivity contribution < 1.29 is 19.1 Å². The highest BCUT2D eigenvalue weighted by molar-refractivity contribution is 5.96. The molecule has 2 amide bonds. The number of benzene rings is 2. The highest BCUT2D eigenvalue weighted by Crippen LogP contribution is 2.13. The molecule has 6 heteroatoms. The molecule has 2 aromatic carbocycles. The van der Waals surface area contributed by atoms with E-state index in [1.807, 2.05) is 12.1 Å². The van der Waals surface area contributed by atoms with Crippen LogP contribution in [0.25, 0.3) is 0 Å². The molecule has 0 heterocycles. The molecule has 0 unspecified atom stereocenters. The normalized spacial score (nSPS) is 9.83. The Hall–Kier alpha value is -3.02. The van der Waals surface area contributed by atoms with Crippen LogP contribution in [0, 0.1) is 0 Å². The van der Waals surface area contributed by atoms with Gasteiger partial charge in [-0.3, -0.25) is 10.1 Å². The minimum Gasteiger partial charge on any atom is -0.497 e. The zero-order chi connectivity index (χ0) is 16.7. The highest BCUT2D eigenvalue weighted by atomic mass is 16.5. The van der Waals surface area contributed by atoms with E-state index >= 15 is 0 Å². The average molecular weight is 314 g/mol. The summed E-state index contributed by atoms with van der Waals surface area (Å²) in [6.45, 7) is 0.144. The van der Waals surface area contributed by atoms with Gasteiger partial charge >= 0.3 is 6.09 Å². The lowest BCUT2D eigenvalue weighted by atomic mass is 10.2. The number of rotatable bonds is 5. The Labute approximate surface area is 134 Å². The molecular weight excluding hydrogens is 296 g/mol. The third-order valence-electron chi connectivity index (χ3n) is 3.13. The van der Waals surface area contributed by atoms with Crippen LogP contribution in [0.3, 0.4) is 0 Å². The highest BCUT2D eigenvalue weighted by Gasteiger charge is 2.07. The third kappa shape index (κ3) is 4.74. The smallest absolute Gasteiger partial charge is 0.411 e. The van der Waals surface area contributed by atoms with Crippen molar-refractivity contribution in [2.75, 3.05) is 19.5 Å². The van der Waals surface area contributed by atoms with Crippen LogP contribution < -0.4 is 15.4 Å². The van der Waals surface area contributed by atoms with Crippen LogP contribution in [-0.4, -0.2) is 26.2 Å². The van der Waals surface area contributed by atoms with Gasteiger partial charge in [-0.1, -0.05) is 18.2 Å². The first kappa shape index (κ1) is 16.4. The van der Waals surface area contributed by atoms with Crippen molar-refractivity contribution in [3.05, 3.63) is 59.7 Å². The Morgan fingerprint density at radius 3 is 2.48 bits per heavy atom. The second-order valence-corrected chi connectivity index (χ2v) is 4.71. The van der Waals surface area contributed by atoms with E-state index in [4.69, 9.17) is 9.47 Å². The summed E-state index contributed by atoms with van der Waals surface area (Å²) in [6, 6.07) is 13.8. The van der Waals surface area contributed by atoms with Crippen LogP contribution in [-0.2, 0) is 11.3 Å². The minimum absolute atomic E-state index is 0.144. The van der Waals surface area contributed by atoms with E-state index in [2.05, 4.69) is 10.6 Å². The van der Waals surface area contributed by atoms with Gasteiger partial charge in [0.15, 0.2) is 0 Å². The molecule has 0 radical (unpaired) electrons. The first-order valence-corrected chi connectivity index (χ1v) is 7.01. The second-order valence-electron chi connectivity index (χ2n) is 4.71. The maximum Gasteiger partial charge on any atom is 0.411 e. The van der Waals surface area contributed by atoms with Crippen molar-refractivity contribution in [2.24, 2.45) is 0 Å². The fraction of sp³-hybridized carbons (Fsp3) is 0.176. The Balaban J connectivity index is 1.90. The quantitative estimate of drug-likeness (QED) is 0.889. The fourth-order valence-corrected chi connectivity index (χ4v) is 1.91. The van der Waals surface area contributed by atoms with Gasteiger partial charge in [0, 0.05) is 18.3 Å². The molecule has 0 atom stereocenters. The predicted octanol–water partition coefficient (Wildman–Crippen LogP) is 2.80. The summed E-state index contributed by atoms with van der Waals surface area (Å²) in [4.78, 5) is 23.4. The summed E-state index contributed by atoms with van der Waals surface area (Å²) < 4.78 is 10.2. The molecule has 0 aliphatic heterocycles. The van der Waals surface area contributed by atoms with Gasteiger partial charge in [-0.25, -0.2) is 4.79 Å². The van der Waals surface area contributed by atoms with E-state index in [9.17, 15) is 9.59 Å². The SMILES string of the molecule is CNC(=O)c1cccc(NC(=O)OCc2ccc(OC)cc2)c1. The number of ether oxygens (including phenoxy) is 2. The molecule has 0 aliphatic rings. The van der Waals surface area contributed by atoms with E-state index in [1.54, 1.807) is 50.6 Å². The van der Waals surface area contributed by atoms with E-state index < -0.39 is 6.09 Å². The Bertz CT molecular complexity index is 683. The van der Waals surface area contributed by atoms with Crippen molar-refractivity contribution in [1.29, 1.82) is 0 Å². The van der Waals surface area contributed by atoms with E-state index in [-0.39, 0.29) is 12.5 Å². The number of nitrogens with one attached hydrogen (secondary N) is 2. The molecule has 0 saturated carbocycles. The first-order valence-electron chi connectivity index (χ1n) is 7.01. The molecule has 0 spiro atoms. The lowest BCUT2D eigenvalue weighted by molar-refractivity contribution is 0.0963. The number of carbonyl (C=O) groups excluding carboxylic acids is 2. The van der Waals surface area contributed by atoms with E-state index in [0.717, 1.165) is 11.3 Å². The van der Waals surface area contributed by atoms with Crippen molar-refractivity contribution in [2.45, 2.75) is 6.61 Å². The van der Waals surface area contributed by atoms with Gasteiger partial charge in [-0.15, -0.1) is 0 Å². The van der Waals surface area contributed by atoms with Crippen LogP contribution in [0.1, 0.15) is 15.9 Å². The van der Waals surface area contributed by atoms with Crippen molar-refractivity contribution in [3.8, 4) is 5.75 Å². The zero-order valence-corrected chi connectivity index (χ0v) is 13.0. The first-order chi connectivity index (χ1) is 11.1. The largest absolute Gasteiger partial charge is 0.497 e. The molecule has 120 valence electrons. The molecule has 2 N–H and O–H groups in total. The lowest BCUT2D eigenvalue weighted by Crippen LogP contribution is -2.18. The number of amides is 2. The maximum atomic E-state index is 11.8. The van der Waals surface area contributed by atoms with Gasteiger partial charge in [0.05, 0.1) is 7.11 Å². The lowest BCUT2D eigenvalue weighted by Gasteiger charge is -2.08. The predicted molar refractivity (Wildman–Crippen MR) is 86.6 cm³/mol. The maximum absolute atomic E-state index is 11.8. The van der Waals surface area contributed by atoms with Gasteiger partial charge in [-0.05, 0) is 35.9 Å². The van der Waals surface area contributed by atoms with Crippen LogP contribution in [0.4, 0.5) is 10.5 Å². The molecular formula is C17H18N2O4. The summed E-state index contributed by atoms with van der Waals surface area (Å²) in [6.07, 6.45) is -0.588. The summed E-state index contributed by atoms with van der Waals surface area (Å²) in [5.74, 6) is 0.518. The molecule has 0 aromatic heterocycles. The summed E-state index contributed by atoms with van der Waals surface area (Å²) in [5.41, 5.74) is 1.80. The van der Waals surface area contributed by atoms with Crippen LogP contribution in [0.15, 0.2) is 48.5 Å². The van der Waals surface area contributed by atoms with Crippen LogP contribution in [0.2, 0.25) is 0 Å². The molecule has 0 saturated heterocycles. The fourth-order valence-electron chi connectivity index (χ4n) is 1.91. The Kier molecular flexibility index (Phi) is 5.57. The number of methoxy groups -OCH3 is 1. The number of anilines is 1. The average Bonchev–Trinajstić information content (AvgIpc) is 2.60. The molecule has 0 fully saturated rings. The topological polar surface area (TPSA) is 76.7 Å². The molecule has 0 aliphatic carbocycles. The third-order valence-corrected chi connectivity index (χ3v) is 3.13. The minimum atomic E-state index is -0.588. The Morgan fingerprint density at radius 2 is 1.83 bits per heavy atom. The van der Waals surface area contributed by atoms with Gasteiger partial charge < -0.3 is 14.8 Å². The molecule has 2 aromatic rings. The molecule has 0 bridgehead atoms. The Morgan fingerprint density at radius 1 is 1.09 bits per heavy atom. The summed E-state index contributed by atoms with van der Waals surface area (Å²) in [7, 11) is 3.14. The van der Waals surface area contributed by atoms with Gasteiger partial charge in [0.2, 0.25) is 0 Å². The number of carbonyl (C=O) groups is 2. The van der Waals surface area contributed by atoms with Crippen molar-refractivity contribution >= 4 is 17.7 Å². The van der Waals surface area contributed by atoms with Gasteiger partial charge in [0.25, 0.3) is 5.91 Å². The van der Waals surface area contributed by atoms with Gasteiger partial charge in [-0.2, -0.15) is 0 Å². The molecule has 6 nitrogen and oxygen atoms in total. The second kappa shape index (κ2) is 7.84. The zero-order valence-electron chi connectivity index (χ0n) is 13.0. The monoisotopic (exact) mass is 314 g/mol. The summed E-state index contributed by atoms with van der Waals surface area (Å²) >= 11 is 0. The van der Waals surface area contributed by atoms with Crippen molar-refractivity contribution in [3.63, 3.8) is 0 Å².